The Balaban J connectivity index is 2.03. The van der Waals surface area contributed by atoms with E-state index in [0.29, 0.717) is 28.6 Å². The van der Waals surface area contributed by atoms with Crippen LogP contribution >= 0.6 is 11.6 Å². The Kier molecular flexibility index (Phi) is 6.63. The third-order valence-electron chi connectivity index (χ3n) is 3.21. The summed E-state index contributed by atoms with van der Waals surface area (Å²) in [4.78, 5) is 24.2. The molecule has 0 aliphatic heterocycles. The molecular weight excluding hydrogens is 328 g/mol. The predicted molar refractivity (Wildman–Crippen MR) is 95.7 cm³/mol. The Bertz CT molecular complexity index is 719. The smallest absolute Gasteiger partial charge is 0.340 e. The Labute approximate surface area is 146 Å². The second-order valence-electron chi connectivity index (χ2n) is 5.12. The van der Waals surface area contributed by atoms with E-state index in [1.165, 1.54) is 0 Å². The third kappa shape index (κ3) is 5.28. The van der Waals surface area contributed by atoms with Gasteiger partial charge in [0.2, 0.25) is 0 Å². The molecule has 0 unspecified atom stereocenters. The molecule has 24 heavy (non-hydrogen) atoms. The van der Waals surface area contributed by atoms with E-state index in [9.17, 15) is 9.59 Å². The number of nitrogens with one attached hydrogen (secondary N) is 2. The summed E-state index contributed by atoms with van der Waals surface area (Å²) in [5.41, 5.74) is 1.26. The van der Waals surface area contributed by atoms with Crippen molar-refractivity contribution in [3.63, 3.8) is 0 Å². The van der Waals surface area contributed by atoms with E-state index in [0.717, 1.165) is 12.8 Å². The number of benzene rings is 2. The van der Waals surface area contributed by atoms with Crippen LogP contribution in [0.3, 0.4) is 0 Å². The van der Waals surface area contributed by atoms with E-state index < -0.39 is 12.0 Å². The SMILES string of the molecule is CCCCOC(=O)c1ccccc1NC(=O)Nc1cccc(Cl)c1. The highest BCUT2D eigenvalue weighted by molar-refractivity contribution is 6.30. The molecule has 0 heterocycles. The molecule has 2 amide bonds. The van der Waals surface area contributed by atoms with Gasteiger partial charge < -0.3 is 15.4 Å². The molecule has 0 aliphatic rings. The van der Waals surface area contributed by atoms with Gasteiger partial charge in [0.1, 0.15) is 0 Å². The number of rotatable bonds is 6. The van der Waals surface area contributed by atoms with Crippen molar-refractivity contribution in [1.82, 2.24) is 0 Å². The first-order valence-electron chi connectivity index (χ1n) is 7.70. The van der Waals surface area contributed by atoms with Crippen molar-refractivity contribution in [1.29, 1.82) is 0 Å². The minimum Gasteiger partial charge on any atom is -0.462 e. The Morgan fingerprint density at radius 3 is 2.62 bits per heavy atom. The van der Waals surface area contributed by atoms with Gasteiger partial charge in [0.25, 0.3) is 0 Å². The number of esters is 1. The fourth-order valence-electron chi connectivity index (χ4n) is 2.01. The number of hydrogen-bond acceptors (Lipinski definition) is 3. The molecule has 0 aromatic heterocycles. The van der Waals surface area contributed by atoms with E-state index in [1.807, 2.05) is 6.92 Å². The number of urea groups is 1. The molecular formula is C18H19ClN2O3. The molecule has 2 rings (SSSR count). The summed E-state index contributed by atoms with van der Waals surface area (Å²) in [6.07, 6.45) is 1.74. The Morgan fingerprint density at radius 1 is 1.08 bits per heavy atom. The van der Waals surface area contributed by atoms with Crippen molar-refractivity contribution in [3.8, 4) is 0 Å². The molecule has 126 valence electrons. The van der Waals surface area contributed by atoms with Crippen molar-refractivity contribution >= 4 is 35.0 Å². The second kappa shape index (κ2) is 8.93. The van der Waals surface area contributed by atoms with Crippen LogP contribution in [0.4, 0.5) is 16.2 Å². The number of halogens is 1. The first-order valence-corrected chi connectivity index (χ1v) is 8.07. The van der Waals surface area contributed by atoms with Crippen molar-refractivity contribution in [2.75, 3.05) is 17.2 Å². The normalized spacial score (nSPS) is 10.1. The molecule has 0 spiro atoms. The third-order valence-corrected chi connectivity index (χ3v) is 3.44. The Morgan fingerprint density at radius 2 is 1.88 bits per heavy atom. The first-order chi connectivity index (χ1) is 11.6. The molecule has 6 heteroatoms. The largest absolute Gasteiger partial charge is 0.462 e. The van der Waals surface area contributed by atoms with Crippen molar-refractivity contribution < 1.29 is 14.3 Å². The lowest BCUT2D eigenvalue weighted by Gasteiger charge is -2.12. The Hall–Kier alpha value is -2.53. The molecule has 5 nitrogen and oxygen atoms in total. The number of unbranched alkanes of at least 4 members (excludes halogenated alkanes) is 1. The number of para-hydroxylation sites is 1. The van der Waals surface area contributed by atoms with Gasteiger partial charge in [0.05, 0.1) is 17.9 Å². The standard InChI is InChI=1S/C18H19ClN2O3/c1-2-3-11-24-17(22)15-9-4-5-10-16(15)21-18(23)20-14-8-6-7-13(19)12-14/h4-10,12H,2-3,11H2,1H3,(H2,20,21,23). The molecule has 0 aliphatic carbocycles. The summed E-state index contributed by atoms with van der Waals surface area (Å²) in [6.45, 7) is 2.38. The summed E-state index contributed by atoms with van der Waals surface area (Å²) >= 11 is 5.88. The number of hydrogen-bond donors (Lipinski definition) is 2. The van der Waals surface area contributed by atoms with Crippen LogP contribution in [-0.2, 0) is 4.74 Å². The zero-order chi connectivity index (χ0) is 17.4. The van der Waals surface area contributed by atoms with Crippen molar-refractivity contribution in [2.45, 2.75) is 19.8 Å². The molecule has 0 bridgehead atoms. The number of anilines is 2. The molecule has 0 fully saturated rings. The van der Waals surface area contributed by atoms with Gasteiger partial charge in [0.15, 0.2) is 0 Å². The van der Waals surface area contributed by atoms with Crippen LogP contribution in [0.2, 0.25) is 5.02 Å². The maximum atomic E-state index is 12.1. The summed E-state index contributed by atoms with van der Waals surface area (Å²) in [6, 6.07) is 13.0. The quantitative estimate of drug-likeness (QED) is 0.575. The monoisotopic (exact) mass is 346 g/mol. The second-order valence-corrected chi connectivity index (χ2v) is 5.56. The molecule has 2 N–H and O–H groups in total. The molecule has 0 saturated carbocycles. The van der Waals surface area contributed by atoms with E-state index >= 15 is 0 Å². The average molecular weight is 347 g/mol. The first kappa shape index (κ1) is 17.8. The zero-order valence-electron chi connectivity index (χ0n) is 13.3. The van der Waals surface area contributed by atoms with Gasteiger partial charge in [-0.1, -0.05) is 43.1 Å². The van der Waals surface area contributed by atoms with Gasteiger partial charge in [0, 0.05) is 10.7 Å². The maximum Gasteiger partial charge on any atom is 0.340 e. The summed E-state index contributed by atoms with van der Waals surface area (Å²) in [7, 11) is 0. The van der Waals surface area contributed by atoms with Crippen LogP contribution in [0.25, 0.3) is 0 Å². The lowest BCUT2D eigenvalue weighted by atomic mass is 10.2. The van der Waals surface area contributed by atoms with Gasteiger partial charge in [-0.3, -0.25) is 0 Å². The zero-order valence-corrected chi connectivity index (χ0v) is 14.1. The minimum atomic E-state index is -0.467. The van der Waals surface area contributed by atoms with Gasteiger partial charge in [-0.05, 0) is 36.8 Å². The lowest BCUT2D eigenvalue weighted by molar-refractivity contribution is 0.0501. The topological polar surface area (TPSA) is 67.4 Å². The van der Waals surface area contributed by atoms with Crippen molar-refractivity contribution in [2.24, 2.45) is 0 Å². The van der Waals surface area contributed by atoms with E-state index in [-0.39, 0.29) is 0 Å². The van der Waals surface area contributed by atoms with Gasteiger partial charge in [-0.15, -0.1) is 0 Å². The molecule has 0 radical (unpaired) electrons. The lowest BCUT2D eigenvalue weighted by Crippen LogP contribution is -2.21. The maximum absolute atomic E-state index is 12.1. The van der Waals surface area contributed by atoms with Gasteiger partial charge >= 0.3 is 12.0 Å². The van der Waals surface area contributed by atoms with Crippen LogP contribution in [0, 0.1) is 0 Å². The molecule has 2 aromatic carbocycles. The number of ether oxygens (including phenoxy) is 1. The van der Waals surface area contributed by atoms with Gasteiger partial charge in [-0.25, -0.2) is 9.59 Å². The van der Waals surface area contributed by atoms with Crippen molar-refractivity contribution in [3.05, 3.63) is 59.1 Å². The number of amides is 2. The fourth-order valence-corrected chi connectivity index (χ4v) is 2.20. The predicted octanol–water partition coefficient (Wildman–Crippen LogP) is 4.94. The average Bonchev–Trinajstić information content (AvgIpc) is 2.55. The van der Waals surface area contributed by atoms with E-state index in [1.54, 1.807) is 48.5 Å². The fraction of sp³-hybridized carbons (Fsp3) is 0.222. The number of carbonyl (C=O) groups is 2. The van der Waals surface area contributed by atoms with Crippen LogP contribution in [0.5, 0.6) is 0 Å². The van der Waals surface area contributed by atoms with E-state index in [2.05, 4.69) is 10.6 Å². The van der Waals surface area contributed by atoms with Crippen LogP contribution in [-0.4, -0.2) is 18.6 Å². The summed E-state index contributed by atoms with van der Waals surface area (Å²) in [5, 5.41) is 5.84. The van der Waals surface area contributed by atoms with E-state index in [4.69, 9.17) is 16.3 Å². The van der Waals surface area contributed by atoms with Crippen LogP contribution in [0.1, 0.15) is 30.1 Å². The minimum absolute atomic E-state index is 0.315. The van der Waals surface area contributed by atoms with Crippen LogP contribution in [0.15, 0.2) is 48.5 Å². The van der Waals surface area contributed by atoms with Crippen LogP contribution < -0.4 is 10.6 Å². The summed E-state index contributed by atoms with van der Waals surface area (Å²) < 4.78 is 5.20. The molecule has 2 aromatic rings. The summed E-state index contributed by atoms with van der Waals surface area (Å²) in [5.74, 6) is -0.456. The highest BCUT2D eigenvalue weighted by atomic mass is 35.5. The highest BCUT2D eigenvalue weighted by Gasteiger charge is 2.14. The van der Waals surface area contributed by atoms with Gasteiger partial charge in [-0.2, -0.15) is 0 Å². The highest BCUT2D eigenvalue weighted by Crippen LogP contribution is 2.18. The number of carbonyl (C=O) groups excluding carboxylic acids is 2. The molecule has 0 saturated heterocycles. The molecule has 0 atom stereocenters.